The highest BCUT2D eigenvalue weighted by atomic mass is 16.3. The van der Waals surface area contributed by atoms with Crippen molar-refractivity contribution in [2.24, 2.45) is 0 Å². The molecule has 0 aliphatic heterocycles. The summed E-state index contributed by atoms with van der Waals surface area (Å²) in [5.74, 6) is 0. The number of anilines is 2. The lowest BCUT2D eigenvalue weighted by atomic mass is 9.82. The maximum atomic E-state index is 6.43. The zero-order valence-electron chi connectivity index (χ0n) is 25.5. The first-order valence-corrected chi connectivity index (χ1v) is 15.5. The molecule has 0 N–H and O–H groups in total. The van der Waals surface area contributed by atoms with E-state index in [1.807, 2.05) is 18.2 Å². The van der Waals surface area contributed by atoms with Gasteiger partial charge in [-0.2, -0.15) is 0 Å². The van der Waals surface area contributed by atoms with Gasteiger partial charge in [0, 0.05) is 39.0 Å². The van der Waals surface area contributed by atoms with Crippen LogP contribution in [0.25, 0.3) is 49.4 Å². The van der Waals surface area contributed by atoms with Crippen molar-refractivity contribution in [1.29, 1.82) is 0 Å². The third-order valence-electron chi connectivity index (χ3n) is 9.29. The van der Waals surface area contributed by atoms with Crippen molar-refractivity contribution in [3.05, 3.63) is 175 Å². The van der Waals surface area contributed by atoms with E-state index in [-0.39, 0.29) is 5.41 Å². The lowest BCUT2D eigenvalue weighted by molar-refractivity contribution is 0.660. The predicted octanol–water partition coefficient (Wildman–Crippen LogP) is 12.0. The first-order chi connectivity index (χ1) is 22.0. The molecule has 0 saturated heterocycles. The highest BCUT2D eigenvalue weighted by Gasteiger charge is 2.35. The van der Waals surface area contributed by atoms with Gasteiger partial charge in [0.1, 0.15) is 11.2 Å². The number of furan rings is 1. The van der Waals surface area contributed by atoms with Crippen molar-refractivity contribution in [3.8, 4) is 11.1 Å². The molecule has 0 bridgehead atoms. The molecule has 8 rings (SSSR count). The normalized spacial score (nSPS) is 13.9. The summed E-state index contributed by atoms with van der Waals surface area (Å²) in [6.45, 7) is 8.72. The Bertz CT molecular complexity index is 2330. The Morgan fingerprint density at radius 1 is 0.689 bits per heavy atom. The molecular formula is C43H33NO. The molecule has 45 heavy (non-hydrogen) atoms. The molecule has 0 unspecified atom stereocenters. The zero-order chi connectivity index (χ0) is 30.5. The van der Waals surface area contributed by atoms with Crippen LogP contribution in [0.2, 0.25) is 0 Å². The Morgan fingerprint density at radius 2 is 1.40 bits per heavy atom. The van der Waals surface area contributed by atoms with E-state index < -0.39 is 0 Å². The van der Waals surface area contributed by atoms with Crippen LogP contribution in [0, 0.1) is 0 Å². The topological polar surface area (TPSA) is 16.4 Å². The van der Waals surface area contributed by atoms with Crippen LogP contribution in [0.15, 0.2) is 163 Å². The molecule has 2 nitrogen and oxygen atoms in total. The van der Waals surface area contributed by atoms with E-state index in [1.165, 1.54) is 33.0 Å². The lowest BCUT2D eigenvalue weighted by Gasteiger charge is -2.26. The van der Waals surface area contributed by atoms with Gasteiger partial charge >= 0.3 is 0 Å². The van der Waals surface area contributed by atoms with Crippen LogP contribution in [0.4, 0.5) is 11.4 Å². The van der Waals surface area contributed by atoms with E-state index in [0.29, 0.717) is 0 Å². The Balaban J connectivity index is 1.30. The highest BCUT2D eigenvalue weighted by Crippen LogP contribution is 2.50. The van der Waals surface area contributed by atoms with Gasteiger partial charge in [-0.15, -0.1) is 0 Å². The first kappa shape index (κ1) is 27.0. The maximum Gasteiger partial charge on any atom is 0.143 e. The molecule has 1 aliphatic carbocycles. The molecule has 0 amide bonds. The fourth-order valence-electron chi connectivity index (χ4n) is 7.06. The molecule has 6 aromatic carbocycles. The second-order valence-corrected chi connectivity index (χ2v) is 12.2. The van der Waals surface area contributed by atoms with Crippen molar-refractivity contribution >= 4 is 49.7 Å². The van der Waals surface area contributed by atoms with Crippen LogP contribution in [-0.4, -0.2) is 0 Å². The molecular weight excluding hydrogens is 546 g/mol. The summed E-state index contributed by atoms with van der Waals surface area (Å²) >= 11 is 0. The summed E-state index contributed by atoms with van der Waals surface area (Å²) in [5, 5.41) is 4.63. The number of hydrogen-bond donors (Lipinski definition) is 0. The van der Waals surface area contributed by atoms with Gasteiger partial charge in [-0.05, 0) is 63.6 Å². The van der Waals surface area contributed by atoms with Gasteiger partial charge in [-0.3, -0.25) is 0 Å². The number of para-hydroxylation sites is 2. The Kier molecular flexibility index (Phi) is 6.32. The van der Waals surface area contributed by atoms with Gasteiger partial charge in [0.05, 0.1) is 5.69 Å². The molecule has 0 radical (unpaired) electrons. The molecule has 1 heterocycles. The number of hydrogen-bond acceptors (Lipinski definition) is 2. The van der Waals surface area contributed by atoms with Crippen LogP contribution in [0.1, 0.15) is 30.5 Å². The van der Waals surface area contributed by atoms with Crippen LogP contribution in [-0.2, 0) is 5.41 Å². The standard InChI is InChI=1S/C43H33NO/c1-4-13-29(33-19-12-20-37-36-18-8-10-23-41(36)45-42(33)37)26-27-44(40-22-11-15-30-14-5-6-16-32(30)40)31-24-25-35-34-17-7-9-21-38(34)43(2,3)39(35)28-31/h4-28H,1H2,2-3H3/b27-26-,29-13+. The molecule has 0 spiro atoms. The largest absolute Gasteiger partial charge is 0.455 e. The van der Waals surface area contributed by atoms with Gasteiger partial charge in [0.15, 0.2) is 0 Å². The van der Waals surface area contributed by atoms with Crippen LogP contribution in [0.3, 0.4) is 0 Å². The fraction of sp³-hybridized carbons (Fsp3) is 0.0698. The Labute approximate surface area is 263 Å². The summed E-state index contributed by atoms with van der Waals surface area (Å²) < 4.78 is 6.43. The molecule has 0 saturated carbocycles. The van der Waals surface area contributed by atoms with Crippen LogP contribution in [0.5, 0.6) is 0 Å². The number of fused-ring (bicyclic) bond motifs is 7. The lowest BCUT2D eigenvalue weighted by Crippen LogP contribution is -2.16. The quantitative estimate of drug-likeness (QED) is 0.182. The average Bonchev–Trinajstić information content (AvgIpc) is 3.57. The van der Waals surface area contributed by atoms with Gasteiger partial charge < -0.3 is 9.32 Å². The van der Waals surface area contributed by atoms with E-state index in [9.17, 15) is 0 Å². The molecule has 1 aromatic heterocycles. The van der Waals surface area contributed by atoms with Gasteiger partial charge in [0.2, 0.25) is 0 Å². The summed E-state index contributed by atoms with van der Waals surface area (Å²) in [4.78, 5) is 2.32. The smallest absolute Gasteiger partial charge is 0.143 e. The van der Waals surface area contributed by atoms with E-state index in [4.69, 9.17) is 4.42 Å². The second-order valence-electron chi connectivity index (χ2n) is 12.2. The molecule has 2 heteroatoms. The van der Waals surface area contributed by atoms with Crippen molar-refractivity contribution < 1.29 is 4.42 Å². The third-order valence-corrected chi connectivity index (χ3v) is 9.29. The third kappa shape index (κ3) is 4.33. The number of allylic oxidation sites excluding steroid dienone is 4. The first-order valence-electron chi connectivity index (χ1n) is 15.5. The number of nitrogens with zero attached hydrogens (tertiary/aromatic N) is 1. The monoisotopic (exact) mass is 579 g/mol. The predicted molar refractivity (Wildman–Crippen MR) is 191 cm³/mol. The summed E-state index contributed by atoms with van der Waals surface area (Å²) in [6, 6.07) is 45.4. The molecule has 0 atom stereocenters. The Hall–Kier alpha value is -5.60. The summed E-state index contributed by atoms with van der Waals surface area (Å²) in [6.07, 6.45) is 8.27. The van der Waals surface area contributed by atoms with E-state index >= 15 is 0 Å². The van der Waals surface area contributed by atoms with Crippen molar-refractivity contribution in [1.82, 2.24) is 0 Å². The summed E-state index contributed by atoms with van der Waals surface area (Å²) in [5.41, 5.74) is 11.3. The highest BCUT2D eigenvalue weighted by molar-refractivity contribution is 6.09. The van der Waals surface area contributed by atoms with Crippen LogP contribution >= 0.6 is 0 Å². The average molecular weight is 580 g/mol. The van der Waals surface area contributed by atoms with Gasteiger partial charge in [0.25, 0.3) is 0 Å². The Morgan fingerprint density at radius 3 is 2.29 bits per heavy atom. The molecule has 1 aliphatic rings. The van der Waals surface area contributed by atoms with E-state index in [2.05, 4.69) is 159 Å². The van der Waals surface area contributed by atoms with Crippen molar-refractivity contribution in [2.45, 2.75) is 19.3 Å². The minimum Gasteiger partial charge on any atom is -0.455 e. The zero-order valence-corrected chi connectivity index (χ0v) is 25.5. The maximum absolute atomic E-state index is 6.43. The van der Waals surface area contributed by atoms with Gasteiger partial charge in [-0.25, -0.2) is 0 Å². The van der Waals surface area contributed by atoms with Gasteiger partial charge in [-0.1, -0.05) is 136 Å². The minimum atomic E-state index is -0.0963. The van der Waals surface area contributed by atoms with E-state index in [1.54, 1.807) is 0 Å². The molecule has 7 aromatic rings. The minimum absolute atomic E-state index is 0.0963. The fourth-order valence-corrected chi connectivity index (χ4v) is 7.06. The van der Waals surface area contributed by atoms with E-state index in [0.717, 1.165) is 44.4 Å². The van der Waals surface area contributed by atoms with Crippen molar-refractivity contribution in [3.63, 3.8) is 0 Å². The summed E-state index contributed by atoms with van der Waals surface area (Å²) in [7, 11) is 0. The number of rotatable bonds is 6. The van der Waals surface area contributed by atoms with Crippen LogP contribution < -0.4 is 4.90 Å². The van der Waals surface area contributed by atoms with Crippen molar-refractivity contribution in [2.75, 3.05) is 4.90 Å². The SMILES string of the molecule is C=C/C=C(\C=C/N(c1ccc2c(c1)C(C)(C)c1ccccc1-2)c1cccc2ccccc12)c1cccc2c1oc1ccccc12. The molecule has 216 valence electrons. The number of benzene rings is 6. The second kappa shape index (κ2) is 10.5. The molecule has 0 fully saturated rings.